The summed E-state index contributed by atoms with van der Waals surface area (Å²) in [7, 11) is 0. The highest BCUT2D eigenvalue weighted by atomic mass is 16.6. The largest absolute Gasteiger partial charge is 0.465 e. The fraction of sp³-hybridized carbons (Fsp3) is 0.741. The Hall–Kier alpha value is -2.19. The first-order valence-corrected chi connectivity index (χ1v) is 13.3. The van der Waals surface area contributed by atoms with Crippen LogP contribution in [0.15, 0.2) is 25.3 Å². The number of hydrogen-bond acceptors (Lipinski definition) is 6. The molecule has 4 fully saturated rings. The zero-order valence-electron chi connectivity index (χ0n) is 20.7. The maximum Gasteiger partial charge on any atom is 0.312 e. The summed E-state index contributed by atoms with van der Waals surface area (Å²) in [5.41, 5.74) is -1.01. The molecule has 1 N–H and O–H groups in total. The van der Waals surface area contributed by atoms with Crippen LogP contribution >= 0.6 is 0 Å². The van der Waals surface area contributed by atoms with Gasteiger partial charge in [0.1, 0.15) is 11.6 Å². The first-order chi connectivity index (χ1) is 17.0. The average Bonchev–Trinajstić information content (AvgIpc) is 3.50. The summed E-state index contributed by atoms with van der Waals surface area (Å²) in [5.74, 6) is -2.12. The Morgan fingerprint density at radius 3 is 2.63 bits per heavy atom. The molecule has 5 atom stereocenters. The molecule has 3 saturated heterocycles. The molecule has 0 aromatic heterocycles. The van der Waals surface area contributed by atoms with Gasteiger partial charge in [0.2, 0.25) is 11.8 Å². The summed E-state index contributed by atoms with van der Waals surface area (Å²) < 4.78 is 12.0. The Balaban J connectivity index is 1.65. The van der Waals surface area contributed by atoms with Gasteiger partial charge in [-0.1, -0.05) is 31.4 Å². The molecule has 4 rings (SSSR count). The fourth-order valence-corrected chi connectivity index (χ4v) is 6.78. The lowest BCUT2D eigenvalue weighted by Crippen LogP contribution is -2.58. The van der Waals surface area contributed by atoms with Crippen LogP contribution in [-0.4, -0.2) is 82.8 Å². The zero-order chi connectivity index (χ0) is 25.0. The minimum Gasteiger partial charge on any atom is -0.465 e. The van der Waals surface area contributed by atoms with Crippen molar-refractivity contribution in [1.82, 2.24) is 9.80 Å². The first kappa shape index (κ1) is 25.9. The molecule has 1 spiro atoms. The number of hydrogen-bond donors (Lipinski definition) is 1. The molecule has 1 aliphatic carbocycles. The van der Waals surface area contributed by atoms with Crippen LogP contribution in [0.5, 0.6) is 0 Å². The smallest absolute Gasteiger partial charge is 0.312 e. The van der Waals surface area contributed by atoms with E-state index < -0.39 is 35.6 Å². The Labute approximate surface area is 208 Å². The molecule has 194 valence electrons. The fourth-order valence-electron chi connectivity index (χ4n) is 6.78. The Bertz CT molecular complexity index is 824. The second kappa shape index (κ2) is 11.2. The third kappa shape index (κ3) is 4.67. The van der Waals surface area contributed by atoms with E-state index in [4.69, 9.17) is 9.47 Å². The second-order valence-electron chi connectivity index (χ2n) is 10.3. The van der Waals surface area contributed by atoms with Gasteiger partial charge in [0.05, 0.1) is 24.5 Å². The molecule has 3 heterocycles. The van der Waals surface area contributed by atoms with Crippen LogP contribution < -0.4 is 0 Å². The van der Waals surface area contributed by atoms with Crippen LogP contribution in [0.1, 0.15) is 64.2 Å². The molecule has 8 nitrogen and oxygen atoms in total. The van der Waals surface area contributed by atoms with E-state index in [0.29, 0.717) is 45.2 Å². The third-order valence-electron chi connectivity index (χ3n) is 8.30. The minimum atomic E-state index is -1.01. The summed E-state index contributed by atoms with van der Waals surface area (Å²) in [6.45, 7) is 8.56. The van der Waals surface area contributed by atoms with Gasteiger partial charge < -0.3 is 24.4 Å². The van der Waals surface area contributed by atoms with E-state index in [2.05, 4.69) is 13.2 Å². The van der Waals surface area contributed by atoms with E-state index in [1.54, 1.807) is 17.1 Å². The highest BCUT2D eigenvalue weighted by Gasteiger charge is 2.75. The van der Waals surface area contributed by atoms with E-state index in [1.807, 2.05) is 4.90 Å². The summed E-state index contributed by atoms with van der Waals surface area (Å²) in [6, 6.07) is -0.645. The monoisotopic (exact) mass is 488 g/mol. The number of carbonyl (C=O) groups is 3. The highest BCUT2D eigenvalue weighted by Crippen LogP contribution is 2.59. The molecule has 2 amide bonds. The molecule has 1 saturated carbocycles. The molecule has 8 heteroatoms. The van der Waals surface area contributed by atoms with Crippen molar-refractivity contribution in [2.24, 2.45) is 11.8 Å². The van der Waals surface area contributed by atoms with Crippen molar-refractivity contribution in [3.8, 4) is 0 Å². The lowest BCUT2D eigenvalue weighted by Gasteiger charge is -2.40. The van der Waals surface area contributed by atoms with Crippen molar-refractivity contribution < 1.29 is 29.0 Å². The predicted molar refractivity (Wildman–Crippen MR) is 130 cm³/mol. The Morgan fingerprint density at radius 1 is 1.17 bits per heavy atom. The summed E-state index contributed by atoms with van der Waals surface area (Å²) in [6.07, 6.45) is 11.1. The molecule has 0 radical (unpaired) electrons. The quantitative estimate of drug-likeness (QED) is 0.258. The number of aliphatic hydroxyl groups is 1. The van der Waals surface area contributed by atoms with Gasteiger partial charge in [-0.25, -0.2) is 0 Å². The van der Waals surface area contributed by atoms with Crippen LogP contribution in [0, 0.1) is 11.8 Å². The lowest BCUT2D eigenvalue weighted by molar-refractivity contribution is -0.155. The molecule has 0 aromatic rings. The van der Waals surface area contributed by atoms with Crippen LogP contribution in [0.4, 0.5) is 0 Å². The van der Waals surface area contributed by atoms with Gasteiger partial charge in [-0.05, 0) is 44.9 Å². The van der Waals surface area contributed by atoms with Crippen LogP contribution in [0.25, 0.3) is 0 Å². The second-order valence-corrected chi connectivity index (χ2v) is 10.3. The Kier molecular flexibility index (Phi) is 8.32. The van der Waals surface area contributed by atoms with Gasteiger partial charge >= 0.3 is 5.97 Å². The standard InChI is InChI=1S/C27H40N2O6/c1-3-5-18-34-26(33)21-20-13-14-27(35-20)22(21)24(31)29(16-9-10-17-30)23(27)25(32)28(15-4-2)19-11-7-6-8-12-19/h3-4,19-23,30H,1-2,5-18H2/t20-,21+,22-,23?,27?/m0/s1. The number of nitrogens with zero attached hydrogens (tertiary/aromatic N) is 2. The van der Waals surface area contributed by atoms with Crippen molar-refractivity contribution in [2.45, 2.75) is 88.0 Å². The van der Waals surface area contributed by atoms with Crippen LogP contribution in [0.2, 0.25) is 0 Å². The SMILES string of the molecule is C=CCCOC(=O)[C@@H]1[C@@H]2CCC3(O2)C(C(=O)N(CC=C)C2CCCCC2)N(CCCCO)C(=O)[C@H]13. The number of rotatable bonds is 12. The van der Waals surface area contributed by atoms with Gasteiger partial charge in [-0.3, -0.25) is 14.4 Å². The normalized spacial score (nSPS) is 31.9. The van der Waals surface area contributed by atoms with Gasteiger partial charge in [0, 0.05) is 25.7 Å². The number of aliphatic hydroxyl groups excluding tert-OH is 1. The number of fused-ring (bicyclic) bond motifs is 1. The number of carbonyl (C=O) groups excluding carboxylic acids is 3. The minimum absolute atomic E-state index is 0.0245. The number of ether oxygens (including phenoxy) is 2. The van der Waals surface area contributed by atoms with Crippen molar-refractivity contribution in [3.63, 3.8) is 0 Å². The predicted octanol–water partition coefficient (Wildman–Crippen LogP) is 2.60. The van der Waals surface area contributed by atoms with Crippen LogP contribution in [0.3, 0.4) is 0 Å². The summed E-state index contributed by atoms with van der Waals surface area (Å²) in [5, 5.41) is 9.31. The highest BCUT2D eigenvalue weighted by molar-refractivity contribution is 5.98. The molecule has 4 aliphatic rings. The first-order valence-electron chi connectivity index (χ1n) is 13.3. The molecule has 2 unspecified atom stereocenters. The molecule has 0 aromatic carbocycles. The lowest BCUT2D eigenvalue weighted by atomic mass is 9.70. The molecule has 35 heavy (non-hydrogen) atoms. The number of amides is 2. The maximum atomic E-state index is 14.3. The van der Waals surface area contributed by atoms with Crippen LogP contribution in [-0.2, 0) is 23.9 Å². The van der Waals surface area contributed by atoms with Gasteiger partial charge in [-0.15, -0.1) is 13.2 Å². The molecule has 2 bridgehead atoms. The summed E-state index contributed by atoms with van der Waals surface area (Å²) in [4.78, 5) is 44.7. The number of esters is 1. The zero-order valence-corrected chi connectivity index (χ0v) is 20.7. The third-order valence-corrected chi connectivity index (χ3v) is 8.30. The summed E-state index contributed by atoms with van der Waals surface area (Å²) >= 11 is 0. The van der Waals surface area contributed by atoms with Crippen molar-refractivity contribution in [2.75, 3.05) is 26.3 Å². The van der Waals surface area contributed by atoms with E-state index in [1.165, 1.54) is 6.42 Å². The van der Waals surface area contributed by atoms with Crippen molar-refractivity contribution in [3.05, 3.63) is 25.3 Å². The average molecular weight is 489 g/mol. The van der Waals surface area contributed by atoms with E-state index in [0.717, 1.165) is 25.7 Å². The van der Waals surface area contributed by atoms with Crippen molar-refractivity contribution in [1.29, 1.82) is 0 Å². The van der Waals surface area contributed by atoms with E-state index in [9.17, 15) is 19.5 Å². The topological polar surface area (TPSA) is 96.4 Å². The molecular weight excluding hydrogens is 448 g/mol. The maximum absolute atomic E-state index is 14.3. The number of unbranched alkanes of at least 4 members (excludes halogenated alkanes) is 1. The Morgan fingerprint density at radius 2 is 1.94 bits per heavy atom. The van der Waals surface area contributed by atoms with Crippen molar-refractivity contribution >= 4 is 17.8 Å². The number of likely N-dealkylation sites (tertiary alicyclic amines) is 1. The van der Waals surface area contributed by atoms with E-state index in [-0.39, 0.29) is 31.1 Å². The molecular formula is C27H40N2O6. The molecule has 3 aliphatic heterocycles. The van der Waals surface area contributed by atoms with Gasteiger partial charge in [0.25, 0.3) is 0 Å². The van der Waals surface area contributed by atoms with Gasteiger partial charge in [0.15, 0.2) is 0 Å². The van der Waals surface area contributed by atoms with Gasteiger partial charge in [-0.2, -0.15) is 0 Å². The van der Waals surface area contributed by atoms with E-state index >= 15 is 0 Å².